The second kappa shape index (κ2) is 4.55. The minimum Gasteiger partial charge on any atom is -0.388 e. The third-order valence-corrected chi connectivity index (χ3v) is 1.59. The van der Waals surface area contributed by atoms with Crippen LogP contribution >= 0.6 is 0 Å². The van der Waals surface area contributed by atoms with E-state index in [9.17, 15) is 13.9 Å². The van der Waals surface area contributed by atoms with E-state index in [1.54, 1.807) is 0 Å². The summed E-state index contributed by atoms with van der Waals surface area (Å²) in [5.41, 5.74) is 8.02. The Morgan fingerprint density at radius 1 is 1.36 bits per heavy atom. The highest BCUT2D eigenvalue weighted by atomic mass is 19.1. The van der Waals surface area contributed by atoms with Crippen LogP contribution in [0, 0.1) is 11.6 Å². The lowest BCUT2D eigenvalue weighted by Gasteiger charge is -2.07. The molecule has 4 nitrogen and oxygen atoms in total. The largest absolute Gasteiger partial charge is 0.388 e. The van der Waals surface area contributed by atoms with Gasteiger partial charge in [-0.2, -0.15) is 0 Å². The molecule has 0 aliphatic heterocycles. The average molecular weight is 199 g/mol. The summed E-state index contributed by atoms with van der Waals surface area (Å²) in [6.45, 7) is -0.251. The maximum Gasteiger partial charge on any atom is 0.126 e. The number of hydrogen-bond donors (Lipinski definition) is 1. The molecule has 0 saturated heterocycles. The fourth-order valence-corrected chi connectivity index (χ4v) is 0.987. The Labute approximate surface area is 78.4 Å². The molecule has 0 saturated carbocycles. The van der Waals surface area contributed by atoms with Crippen molar-refractivity contribution in [3.8, 4) is 0 Å². The van der Waals surface area contributed by atoms with Crippen molar-refractivity contribution < 1.29 is 13.9 Å². The first-order valence-electron chi connectivity index (χ1n) is 3.78. The molecule has 0 aromatic heterocycles. The van der Waals surface area contributed by atoms with E-state index in [0.29, 0.717) is 6.07 Å². The number of benzene rings is 1. The van der Waals surface area contributed by atoms with E-state index in [1.807, 2.05) is 0 Å². The Morgan fingerprint density at radius 2 is 1.93 bits per heavy atom. The van der Waals surface area contributed by atoms with Gasteiger partial charge in [-0.1, -0.05) is 5.11 Å². The van der Waals surface area contributed by atoms with Crippen LogP contribution in [0.4, 0.5) is 8.78 Å². The minimum absolute atomic E-state index is 0.0508. The fraction of sp³-hybridized carbons (Fsp3) is 0.250. The van der Waals surface area contributed by atoms with Gasteiger partial charge in [-0.25, -0.2) is 8.78 Å². The summed E-state index contributed by atoms with van der Waals surface area (Å²) in [4.78, 5) is 2.42. The standard InChI is InChI=1S/C8H7F2N3O/c9-6-1-5(2-7(10)3-6)8(14)4-12-13-11/h1-3,8,14H,4H2/t8-/m1/s1. The quantitative estimate of drug-likeness (QED) is 0.453. The van der Waals surface area contributed by atoms with Crippen molar-refractivity contribution in [1.82, 2.24) is 0 Å². The monoisotopic (exact) mass is 199 g/mol. The lowest BCUT2D eigenvalue weighted by molar-refractivity contribution is 0.186. The van der Waals surface area contributed by atoms with E-state index in [1.165, 1.54) is 0 Å². The number of aliphatic hydroxyl groups is 1. The molecule has 0 aliphatic rings. The van der Waals surface area contributed by atoms with Gasteiger partial charge in [-0.15, -0.1) is 0 Å². The number of aliphatic hydroxyl groups excluding tert-OH is 1. The van der Waals surface area contributed by atoms with Crippen molar-refractivity contribution in [1.29, 1.82) is 0 Å². The van der Waals surface area contributed by atoms with E-state index in [-0.39, 0.29) is 12.1 Å². The normalized spacial score (nSPS) is 11.9. The van der Waals surface area contributed by atoms with Crippen molar-refractivity contribution in [2.75, 3.05) is 6.54 Å². The van der Waals surface area contributed by atoms with Crippen LogP contribution in [0.15, 0.2) is 23.3 Å². The van der Waals surface area contributed by atoms with Crippen molar-refractivity contribution in [2.24, 2.45) is 5.11 Å². The van der Waals surface area contributed by atoms with Crippen molar-refractivity contribution in [2.45, 2.75) is 6.10 Å². The molecule has 1 aromatic rings. The minimum atomic E-state index is -1.18. The molecule has 0 fully saturated rings. The highest BCUT2D eigenvalue weighted by Gasteiger charge is 2.09. The van der Waals surface area contributed by atoms with Crippen molar-refractivity contribution in [3.63, 3.8) is 0 Å². The molecule has 1 aromatic carbocycles. The van der Waals surface area contributed by atoms with Gasteiger partial charge >= 0.3 is 0 Å². The van der Waals surface area contributed by atoms with Crippen LogP contribution in [0.5, 0.6) is 0 Å². The van der Waals surface area contributed by atoms with Crippen LogP contribution in [0.25, 0.3) is 10.4 Å². The maximum absolute atomic E-state index is 12.7. The van der Waals surface area contributed by atoms with E-state index in [0.717, 1.165) is 12.1 Å². The molecule has 0 amide bonds. The molecule has 0 bridgehead atoms. The van der Waals surface area contributed by atoms with Crippen LogP contribution in [-0.4, -0.2) is 11.7 Å². The van der Waals surface area contributed by atoms with Gasteiger partial charge in [0.1, 0.15) is 11.6 Å². The first kappa shape index (κ1) is 10.4. The Bertz CT molecular complexity index is 357. The smallest absolute Gasteiger partial charge is 0.126 e. The first-order valence-corrected chi connectivity index (χ1v) is 3.78. The molecule has 74 valence electrons. The van der Waals surface area contributed by atoms with Gasteiger partial charge in [0.25, 0.3) is 0 Å². The summed E-state index contributed by atoms with van der Waals surface area (Å²) < 4.78 is 25.3. The molecule has 0 spiro atoms. The third-order valence-electron chi connectivity index (χ3n) is 1.59. The molecule has 0 unspecified atom stereocenters. The Hall–Kier alpha value is -1.65. The highest BCUT2D eigenvalue weighted by Crippen LogP contribution is 2.16. The summed E-state index contributed by atoms with van der Waals surface area (Å²) >= 11 is 0. The van der Waals surface area contributed by atoms with E-state index < -0.39 is 17.7 Å². The van der Waals surface area contributed by atoms with Crippen molar-refractivity contribution in [3.05, 3.63) is 45.8 Å². The maximum atomic E-state index is 12.7. The zero-order valence-electron chi connectivity index (χ0n) is 7.06. The molecule has 0 radical (unpaired) electrons. The molecule has 6 heteroatoms. The number of rotatable bonds is 3. The molecule has 1 N–H and O–H groups in total. The Morgan fingerprint density at radius 3 is 2.43 bits per heavy atom. The predicted octanol–water partition coefficient (Wildman–Crippen LogP) is 2.31. The molecule has 1 rings (SSSR count). The van der Waals surface area contributed by atoms with Gasteiger partial charge in [0.2, 0.25) is 0 Å². The summed E-state index contributed by atoms with van der Waals surface area (Å²) in [5, 5.41) is 12.4. The second-order valence-corrected chi connectivity index (χ2v) is 2.63. The topological polar surface area (TPSA) is 69.0 Å². The van der Waals surface area contributed by atoms with Crippen LogP contribution in [0.2, 0.25) is 0 Å². The fourth-order valence-electron chi connectivity index (χ4n) is 0.987. The second-order valence-electron chi connectivity index (χ2n) is 2.63. The van der Waals surface area contributed by atoms with Gasteiger partial charge in [0, 0.05) is 11.0 Å². The SMILES string of the molecule is [N-]=[N+]=NC[C@@H](O)c1cc(F)cc(F)c1. The zero-order valence-corrected chi connectivity index (χ0v) is 7.06. The van der Waals surface area contributed by atoms with Crippen LogP contribution < -0.4 is 0 Å². The molecule has 1 atom stereocenters. The summed E-state index contributed by atoms with van der Waals surface area (Å²) in [6, 6.07) is 2.67. The average Bonchev–Trinajstić information content (AvgIpc) is 2.12. The van der Waals surface area contributed by atoms with E-state index in [4.69, 9.17) is 5.53 Å². The van der Waals surface area contributed by atoms with Gasteiger partial charge in [0.05, 0.1) is 12.6 Å². The number of azide groups is 1. The number of nitrogens with zero attached hydrogens (tertiary/aromatic N) is 3. The summed E-state index contributed by atoms with van der Waals surface area (Å²) in [6.07, 6.45) is -1.18. The lowest BCUT2D eigenvalue weighted by atomic mass is 10.1. The molecule has 0 aliphatic carbocycles. The summed E-state index contributed by atoms with van der Waals surface area (Å²) in [7, 11) is 0. The Balaban J connectivity index is 2.88. The van der Waals surface area contributed by atoms with Gasteiger partial charge in [-0.3, -0.25) is 0 Å². The zero-order chi connectivity index (χ0) is 10.6. The van der Waals surface area contributed by atoms with Crippen LogP contribution in [0.1, 0.15) is 11.7 Å². The van der Waals surface area contributed by atoms with Crippen LogP contribution in [-0.2, 0) is 0 Å². The van der Waals surface area contributed by atoms with E-state index in [2.05, 4.69) is 10.0 Å². The van der Waals surface area contributed by atoms with Gasteiger partial charge in [0.15, 0.2) is 0 Å². The Kier molecular flexibility index (Phi) is 3.39. The summed E-state index contributed by atoms with van der Waals surface area (Å²) in [5.74, 6) is -1.56. The molecular formula is C8H7F2N3O. The molecule has 14 heavy (non-hydrogen) atoms. The molecule has 0 heterocycles. The number of hydrogen-bond acceptors (Lipinski definition) is 2. The number of halogens is 2. The molecular weight excluding hydrogens is 192 g/mol. The van der Waals surface area contributed by atoms with E-state index >= 15 is 0 Å². The van der Waals surface area contributed by atoms with Gasteiger partial charge < -0.3 is 5.11 Å². The van der Waals surface area contributed by atoms with Gasteiger partial charge in [-0.05, 0) is 23.2 Å². The first-order chi connectivity index (χ1) is 6.63. The predicted molar refractivity (Wildman–Crippen MR) is 45.3 cm³/mol. The highest BCUT2D eigenvalue weighted by molar-refractivity contribution is 5.20. The van der Waals surface area contributed by atoms with Crippen molar-refractivity contribution >= 4 is 0 Å². The van der Waals surface area contributed by atoms with Crippen LogP contribution in [0.3, 0.4) is 0 Å². The third kappa shape index (κ3) is 2.69. The lowest BCUT2D eigenvalue weighted by Crippen LogP contribution is -2.02.